The molecule has 0 radical (unpaired) electrons. The molecule has 0 aliphatic rings. The molecule has 1 aromatic rings. The van der Waals surface area contributed by atoms with Crippen molar-refractivity contribution in [3.05, 3.63) is 27.8 Å². The molecule has 1 N–H and O–H groups in total. The van der Waals surface area contributed by atoms with Gasteiger partial charge < -0.3 is 23.9 Å². The summed E-state index contributed by atoms with van der Waals surface area (Å²) in [5, 5.41) is 2.60. The third-order valence-corrected chi connectivity index (χ3v) is 2.69. The fraction of sp³-hybridized carbons (Fsp3) is 0.600. The van der Waals surface area contributed by atoms with E-state index in [1.54, 1.807) is 6.92 Å². The Hall–Kier alpha value is -1.86. The molecule has 0 aliphatic carbocycles. The molecule has 0 unspecified atom stereocenters. The highest BCUT2D eigenvalue weighted by molar-refractivity contribution is 5.93. The zero-order valence-electron chi connectivity index (χ0n) is 13.3. The predicted molar refractivity (Wildman–Crippen MR) is 80.1 cm³/mol. The minimum absolute atomic E-state index is 0.0325. The maximum Gasteiger partial charge on any atom is 0.291 e. The minimum Gasteiger partial charge on any atom is -0.486 e. The van der Waals surface area contributed by atoms with E-state index in [0.29, 0.717) is 13.2 Å². The summed E-state index contributed by atoms with van der Waals surface area (Å²) in [6.45, 7) is 4.65. The van der Waals surface area contributed by atoms with Crippen molar-refractivity contribution in [2.24, 2.45) is 0 Å². The summed E-state index contributed by atoms with van der Waals surface area (Å²) in [4.78, 5) is 24.2. The minimum atomic E-state index is -0.486. The molecule has 0 atom stereocenters. The maximum atomic E-state index is 12.1. The third-order valence-electron chi connectivity index (χ3n) is 2.69. The van der Waals surface area contributed by atoms with E-state index < -0.39 is 11.3 Å². The second kappa shape index (κ2) is 9.97. The first kappa shape index (κ1) is 18.2. The lowest BCUT2D eigenvalue weighted by atomic mass is 10.3. The highest BCUT2D eigenvalue weighted by Gasteiger charge is 2.20. The molecule has 0 aromatic carbocycles. The summed E-state index contributed by atoms with van der Waals surface area (Å²) in [5.41, 5.74) is -0.403. The molecule has 1 aromatic heterocycles. The molecule has 0 saturated carbocycles. The van der Waals surface area contributed by atoms with Gasteiger partial charge in [0, 0.05) is 19.7 Å². The normalized spacial score (nSPS) is 10.5. The van der Waals surface area contributed by atoms with Crippen molar-refractivity contribution in [3.63, 3.8) is 0 Å². The monoisotopic (exact) mass is 313 g/mol. The lowest BCUT2D eigenvalue weighted by Gasteiger charge is -2.11. The van der Waals surface area contributed by atoms with E-state index in [1.165, 1.54) is 13.2 Å². The second-order valence-corrected chi connectivity index (χ2v) is 4.55. The van der Waals surface area contributed by atoms with E-state index in [-0.39, 0.29) is 30.7 Å². The van der Waals surface area contributed by atoms with Gasteiger partial charge in [-0.3, -0.25) is 9.59 Å². The van der Waals surface area contributed by atoms with Crippen molar-refractivity contribution >= 4 is 5.91 Å². The van der Waals surface area contributed by atoms with Crippen LogP contribution in [-0.4, -0.2) is 33.0 Å². The fourth-order valence-corrected chi connectivity index (χ4v) is 1.67. The SMILES string of the molecule is CCCCOc1c(C(=O)NCC)oc(COCOC)cc1=O. The van der Waals surface area contributed by atoms with Crippen molar-refractivity contribution in [2.75, 3.05) is 27.1 Å². The van der Waals surface area contributed by atoms with Gasteiger partial charge in [0.15, 0.2) is 0 Å². The van der Waals surface area contributed by atoms with Gasteiger partial charge in [-0.25, -0.2) is 0 Å². The van der Waals surface area contributed by atoms with E-state index in [9.17, 15) is 9.59 Å². The van der Waals surface area contributed by atoms with Gasteiger partial charge in [0.05, 0.1) is 6.61 Å². The average Bonchev–Trinajstić information content (AvgIpc) is 2.49. The number of unbranched alkanes of at least 4 members (excludes halogenated alkanes) is 1. The van der Waals surface area contributed by atoms with Crippen molar-refractivity contribution in [1.82, 2.24) is 5.32 Å². The average molecular weight is 313 g/mol. The van der Waals surface area contributed by atoms with Crippen molar-refractivity contribution in [2.45, 2.75) is 33.3 Å². The lowest BCUT2D eigenvalue weighted by Crippen LogP contribution is -2.26. The summed E-state index contributed by atoms with van der Waals surface area (Å²) in [6.07, 6.45) is 1.71. The first-order chi connectivity index (χ1) is 10.6. The molecule has 1 amide bonds. The standard InChI is InChI=1S/C15H23NO6/c1-4-6-7-21-13-12(17)8-11(9-20-10-19-3)22-14(13)15(18)16-5-2/h8H,4-7,9-10H2,1-3H3,(H,16,18). The summed E-state index contributed by atoms with van der Waals surface area (Å²) in [7, 11) is 1.49. The van der Waals surface area contributed by atoms with Gasteiger partial charge in [-0.2, -0.15) is 0 Å². The Morgan fingerprint density at radius 2 is 2.14 bits per heavy atom. The summed E-state index contributed by atoms with van der Waals surface area (Å²) < 4.78 is 20.8. The van der Waals surface area contributed by atoms with E-state index in [4.69, 9.17) is 18.6 Å². The number of carbonyl (C=O) groups is 1. The molecule has 7 heteroatoms. The number of amides is 1. The number of rotatable bonds is 10. The largest absolute Gasteiger partial charge is 0.486 e. The van der Waals surface area contributed by atoms with Gasteiger partial charge in [-0.1, -0.05) is 13.3 Å². The topological polar surface area (TPSA) is 87.0 Å². The Bertz CT molecular complexity index is 525. The summed E-state index contributed by atoms with van der Waals surface area (Å²) >= 11 is 0. The summed E-state index contributed by atoms with van der Waals surface area (Å²) in [5.74, 6) is -0.429. The van der Waals surface area contributed by atoms with Crippen molar-refractivity contribution < 1.29 is 23.4 Å². The maximum absolute atomic E-state index is 12.1. The molecular formula is C15H23NO6. The fourth-order valence-electron chi connectivity index (χ4n) is 1.67. The van der Waals surface area contributed by atoms with Gasteiger partial charge in [0.25, 0.3) is 5.91 Å². The lowest BCUT2D eigenvalue weighted by molar-refractivity contribution is -0.0446. The van der Waals surface area contributed by atoms with Gasteiger partial charge >= 0.3 is 0 Å². The quantitative estimate of drug-likeness (QED) is 0.522. The highest BCUT2D eigenvalue weighted by atomic mass is 16.7. The zero-order valence-corrected chi connectivity index (χ0v) is 13.3. The smallest absolute Gasteiger partial charge is 0.291 e. The molecule has 22 heavy (non-hydrogen) atoms. The van der Waals surface area contributed by atoms with Gasteiger partial charge in [0.2, 0.25) is 16.9 Å². The Morgan fingerprint density at radius 1 is 1.36 bits per heavy atom. The first-order valence-electron chi connectivity index (χ1n) is 7.28. The molecule has 0 spiro atoms. The predicted octanol–water partition coefficient (Wildman–Crippen LogP) is 1.69. The van der Waals surface area contributed by atoms with Crippen LogP contribution in [0, 0.1) is 0 Å². The van der Waals surface area contributed by atoms with Crippen LogP contribution >= 0.6 is 0 Å². The molecule has 0 bridgehead atoms. The van der Waals surface area contributed by atoms with Gasteiger partial charge in [-0.15, -0.1) is 0 Å². The molecule has 0 saturated heterocycles. The Balaban J connectivity index is 3.02. The Labute approximate surface area is 129 Å². The van der Waals surface area contributed by atoms with Crippen molar-refractivity contribution in [3.8, 4) is 5.75 Å². The van der Waals surface area contributed by atoms with Crippen LogP contribution in [0.1, 0.15) is 43.0 Å². The summed E-state index contributed by atoms with van der Waals surface area (Å²) in [6, 6.07) is 1.26. The van der Waals surface area contributed by atoms with E-state index in [0.717, 1.165) is 12.8 Å². The number of methoxy groups -OCH3 is 1. The van der Waals surface area contributed by atoms with Crippen LogP contribution in [0.2, 0.25) is 0 Å². The molecule has 124 valence electrons. The second-order valence-electron chi connectivity index (χ2n) is 4.55. The van der Waals surface area contributed by atoms with E-state index in [1.807, 2.05) is 6.92 Å². The number of hydrogen-bond donors (Lipinski definition) is 1. The molecule has 0 fully saturated rings. The molecule has 1 rings (SSSR count). The number of nitrogens with one attached hydrogen (secondary N) is 1. The zero-order chi connectivity index (χ0) is 16.4. The van der Waals surface area contributed by atoms with Crippen LogP contribution in [0.5, 0.6) is 5.75 Å². The third kappa shape index (κ3) is 5.50. The number of carbonyl (C=O) groups excluding carboxylic acids is 1. The van der Waals surface area contributed by atoms with Crippen LogP contribution in [0.4, 0.5) is 0 Å². The van der Waals surface area contributed by atoms with Crippen LogP contribution in [0.15, 0.2) is 15.3 Å². The highest BCUT2D eigenvalue weighted by Crippen LogP contribution is 2.16. The molecule has 1 heterocycles. The Kier molecular flexibility index (Phi) is 8.24. The Morgan fingerprint density at radius 3 is 2.77 bits per heavy atom. The van der Waals surface area contributed by atoms with Crippen LogP contribution in [-0.2, 0) is 16.1 Å². The van der Waals surface area contributed by atoms with Crippen molar-refractivity contribution in [1.29, 1.82) is 0 Å². The molecular weight excluding hydrogens is 290 g/mol. The van der Waals surface area contributed by atoms with Gasteiger partial charge in [0.1, 0.15) is 19.2 Å². The number of hydrogen-bond acceptors (Lipinski definition) is 6. The van der Waals surface area contributed by atoms with E-state index in [2.05, 4.69) is 5.32 Å². The van der Waals surface area contributed by atoms with Crippen LogP contribution < -0.4 is 15.5 Å². The first-order valence-corrected chi connectivity index (χ1v) is 7.28. The van der Waals surface area contributed by atoms with Crippen LogP contribution in [0.3, 0.4) is 0 Å². The molecule has 7 nitrogen and oxygen atoms in total. The number of ether oxygens (including phenoxy) is 3. The molecule has 0 aliphatic heterocycles. The van der Waals surface area contributed by atoms with E-state index >= 15 is 0 Å². The van der Waals surface area contributed by atoms with Crippen LogP contribution in [0.25, 0.3) is 0 Å². The van der Waals surface area contributed by atoms with Gasteiger partial charge in [-0.05, 0) is 13.3 Å².